The predicted molar refractivity (Wildman–Crippen MR) is 51.9 cm³/mol. The van der Waals surface area contributed by atoms with Crippen LogP contribution >= 0.6 is 0 Å². The van der Waals surface area contributed by atoms with Crippen LogP contribution in [0.3, 0.4) is 0 Å². The molecule has 0 radical (unpaired) electrons. The molecule has 1 aromatic carbocycles. The lowest BCUT2D eigenvalue weighted by Gasteiger charge is -2.09. The Balaban J connectivity index is 3.12. The van der Waals surface area contributed by atoms with Crippen LogP contribution in [0.15, 0.2) is 18.2 Å². The van der Waals surface area contributed by atoms with E-state index in [1.54, 1.807) is 0 Å². The van der Waals surface area contributed by atoms with Crippen molar-refractivity contribution < 1.29 is 9.53 Å². The summed E-state index contributed by atoms with van der Waals surface area (Å²) in [6.45, 7) is 4.59. The summed E-state index contributed by atoms with van der Waals surface area (Å²) in [6.07, 6.45) is 1.77. The van der Waals surface area contributed by atoms with E-state index in [1.165, 1.54) is 0 Å². The average Bonchev–Trinajstić information content (AvgIpc) is 2.18. The number of hydrogen-bond donors (Lipinski definition) is 0. The topological polar surface area (TPSA) is 26.3 Å². The first-order valence-corrected chi connectivity index (χ1v) is 4.54. The zero-order chi connectivity index (χ0) is 9.68. The average molecular weight is 178 g/mol. The van der Waals surface area contributed by atoms with Gasteiger partial charge in [-0.3, -0.25) is 4.79 Å². The molecule has 0 aliphatic rings. The number of hydrogen-bond acceptors (Lipinski definition) is 2. The standard InChI is InChI=1S/C11H14O2/c1-3-9-6-5-7-10(4-2)11(9)13-8-12/h5-8H,3-4H2,1-2H3. The molecule has 70 valence electrons. The third-order valence-electron chi connectivity index (χ3n) is 2.11. The summed E-state index contributed by atoms with van der Waals surface area (Å²) in [5, 5.41) is 0. The van der Waals surface area contributed by atoms with Crippen LogP contribution in [-0.2, 0) is 17.6 Å². The van der Waals surface area contributed by atoms with Gasteiger partial charge in [0.1, 0.15) is 5.75 Å². The molecule has 0 atom stereocenters. The summed E-state index contributed by atoms with van der Waals surface area (Å²) < 4.78 is 4.97. The number of aryl methyl sites for hydroxylation is 2. The van der Waals surface area contributed by atoms with Gasteiger partial charge in [0, 0.05) is 0 Å². The van der Waals surface area contributed by atoms with Gasteiger partial charge in [0.25, 0.3) is 6.47 Å². The van der Waals surface area contributed by atoms with Crippen molar-refractivity contribution in [2.45, 2.75) is 26.7 Å². The van der Waals surface area contributed by atoms with Crippen molar-refractivity contribution in [3.05, 3.63) is 29.3 Å². The fourth-order valence-corrected chi connectivity index (χ4v) is 1.39. The lowest BCUT2D eigenvalue weighted by molar-refractivity contribution is -0.120. The molecule has 0 saturated carbocycles. The third-order valence-corrected chi connectivity index (χ3v) is 2.11. The van der Waals surface area contributed by atoms with Crippen LogP contribution in [0.2, 0.25) is 0 Å². The lowest BCUT2D eigenvalue weighted by Crippen LogP contribution is -1.98. The number of carbonyl (C=O) groups excluding carboxylic acids is 1. The van der Waals surface area contributed by atoms with Gasteiger partial charge in [0.2, 0.25) is 0 Å². The molecule has 1 rings (SSSR count). The van der Waals surface area contributed by atoms with Crippen molar-refractivity contribution in [2.75, 3.05) is 0 Å². The second-order valence-corrected chi connectivity index (χ2v) is 2.83. The fourth-order valence-electron chi connectivity index (χ4n) is 1.39. The number of carbonyl (C=O) groups is 1. The maximum Gasteiger partial charge on any atom is 0.298 e. The molecular formula is C11H14O2. The van der Waals surface area contributed by atoms with E-state index in [0.29, 0.717) is 6.47 Å². The Morgan fingerprint density at radius 1 is 1.23 bits per heavy atom. The molecule has 0 fully saturated rings. The van der Waals surface area contributed by atoms with Gasteiger partial charge < -0.3 is 4.74 Å². The minimum absolute atomic E-state index is 0.494. The summed E-state index contributed by atoms with van der Waals surface area (Å²) in [7, 11) is 0. The molecular weight excluding hydrogens is 164 g/mol. The van der Waals surface area contributed by atoms with Gasteiger partial charge in [-0.15, -0.1) is 0 Å². The molecule has 0 aromatic heterocycles. The van der Waals surface area contributed by atoms with Gasteiger partial charge in [0.05, 0.1) is 0 Å². The molecule has 0 aliphatic carbocycles. The van der Waals surface area contributed by atoms with E-state index in [1.807, 2.05) is 32.0 Å². The van der Waals surface area contributed by atoms with Crippen LogP contribution in [0.1, 0.15) is 25.0 Å². The number of ether oxygens (including phenoxy) is 1. The summed E-state index contributed by atoms with van der Waals surface area (Å²) >= 11 is 0. The van der Waals surface area contributed by atoms with Crippen molar-refractivity contribution in [2.24, 2.45) is 0 Å². The first-order chi connectivity index (χ1) is 6.33. The Bertz CT molecular complexity index is 270. The van der Waals surface area contributed by atoms with Crippen LogP contribution in [0, 0.1) is 0 Å². The highest BCUT2D eigenvalue weighted by Crippen LogP contribution is 2.24. The maximum absolute atomic E-state index is 10.3. The van der Waals surface area contributed by atoms with E-state index in [0.717, 1.165) is 29.7 Å². The van der Waals surface area contributed by atoms with Crippen LogP contribution in [0.4, 0.5) is 0 Å². The second kappa shape index (κ2) is 4.65. The first-order valence-electron chi connectivity index (χ1n) is 4.54. The molecule has 0 saturated heterocycles. The Morgan fingerprint density at radius 3 is 2.15 bits per heavy atom. The highest BCUT2D eigenvalue weighted by atomic mass is 16.5. The Morgan fingerprint density at radius 2 is 1.77 bits per heavy atom. The highest BCUT2D eigenvalue weighted by Gasteiger charge is 2.06. The molecule has 0 aliphatic heterocycles. The SMILES string of the molecule is CCc1cccc(CC)c1OC=O. The van der Waals surface area contributed by atoms with Crippen molar-refractivity contribution in [1.82, 2.24) is 0 Å². The monoisotopic (exact) mass is 178 g/mol. The zero-order valence-electron chi connectivity index (χ0n) is 8.04. The Kier molecular flexibility index (Phi) is 3.50. The van der Waals surface area contributed by atoms with Crippen molar-refractivity contribution in [3.8, 4) is 5.75 Å². The van der Waals surface area contributed by atoms with Gasteiger partial charge in [-0.1, -0.05) is 32.0 Å². The van der Waals surface area contributed by atoms with Gasteiger partial charge in [-0.2, -0.15) is 0 Å². The highest BCUT2D eigenvalue weighted by molar-refractivity contribution is 5.51. The van der Waals surface area contributed by atoms with Crippen molar-refractivity contribution in [1.29, 1.82) is 0 Å². The molecule has 0 amide bonds. The Labute approximate surface area is 78.5 Å². The van der Waals surface area contributed by atoms with Crippen LogP contribution in [0.25, 0.3) is 0 Å². The molecule has 2 nitrogen and oxygen atoms in total. The van der Waals surface area contributed by atoms with Crippen molar-refractivity contribution in [3.63, 3.8) is 0 Å². The first kappa shape index (κ1) is 9.78. The zero-order valence-corrected chi connectivity index (χ0v) is 8.04. The van der Waals surface area contributed by atoms with Gasteiger partial charge in [0.15, 0.2) is 0 Å². The maximum atomic E-state index is 10.3. The molecule has 0 heterocycles. The minimum atomic E-state index is 0.494. The second-order valence-electron chi connectivity index (χ2n) is 2.83. The molecule has 2 heteroatoms. The molecule has 0 bridgehead atoms. The van der Waals surface area contributed by atoms with Gasteiger partial charge in [-0.05, 0) is 24.0 Å². The quantitative estimate of drug-likeness (QED) is 0.661. The van der Waals surface area contributed by atoms with Crippen LogP contribution in [-0.4, -0.2) is 6.47 Å². The van der Waals surface area contributed by atoms with Gasteiger partial charge >= 0.3 is 0 Å². The Hall–Kier alpha value is -1.31. The van der Waals surface area contributed by atoms with E-state index in [9.17, 15) is 4.79 Å². The summed E-state index contributed by atoms with van der Waals surface area (Å²) in [6, 6.07) is 5.96. The van der Waals surface area contributed by atoms with Gasteiger partial charge in [-0.25, -0.2) is 0 Å². The number of rotatable bonds is 4. The van der Waals surface area contributed by atoms with E-state index >= 15 is 0 Å². The largest absolute Gasteiger partial charge is 0.428 e. The van der Waals surface area contributed by atoms with Crippen LogP contribution in [0.5, 0.6) is 5.75 Å². The fraction of sp³-hybridized carbons (Fsp3) is 0.364. The predicted octanol–water partition coefficient (Wildman–Crippen LogP) is 2.35. The normalized spacial score (nSPS) is 9.69. The minimum Gasteiger partial charge on any atom is -0.428 e. The molecule has 1 aromatic rings. The van der Waals surface area contributed by atoms with E-state index in [2.05, 4.69) is 0 Å². The smallest absolute Gasteiger partial charge is 0.298 e. The van der Waals surface area contributed by atoms with Crippen molar-refractivity contribution >= 4 is 6.47 Å². The number of benzene rings is 1. The molecule has 0 unspecified atom stereocenters. The third kappa shape index (κ3) is 2.08. The van der Waals surface area contributed by atoms with Crippen LogP contribution < -0.4 is 4.74 Å². The van der Waals surface area contributed by atoms with E-state index in [-0.39, 0.29) is 0 Å². The summed E-state index contributed by atoms with van der Waals surface area (Å²) in [5.41, 5.74) is 2.18. The summed E-state index contributed by atoms with van der Waals surface area (Å²) in [4.78, 5) is 10.3. The number of para-hydroxylation sites is 1. The summed E-state index contributed by atoms with van der Waals surface area (Å²) in [5.74, 6) is 0.738. The lowest BCUT2D eigenvalue weighted by atomic mass is 10.1. The van der Waals surface area contributed by atoms with E-state index < -0.39 is 0 Å². The molecule has 0 N–H and O–H groups in total. The van der Waals surface area contributed by atoms with E-state index in [4.69, 9.17) is 4.74 Å². The molecule has 13 heavy (non-hydrogen) atoms. The molecule has 0 spiro atoms.